The highest BCUT2D eigenvalue weighted by molar-refractivity contribution is 7.89. The van der Waals surface area contributed by atoms with Crippen molar-refractivity contribution in [3.8, 4) is 5.75 Å². The first-order chi connectivity index (χ1) is 12.0. The number of halogens is 1. The SMILES string of the molecule is C=CC(=CC)Oc1ccc(S(=O)(=O)N2CC2c2ccccc2Cl)cc1. The largest absolute Gasteiger partial charge is 0.458 e. The molecule has 4 nitrogen and oxygen atoms in total. The molecular formula is C19H18ClNO3S. The summed E-state index contributed by atoms with van der Waals surface area (Å²) in [5.41, 5.74) is 0.830. The van der Waals surface area contributed by atoms with Crippen LogP contribution < -0.4 is 4.74 Å². The van der Waals surface area contributed by atoms with Gasteiger partial charge in [0.2, 0.25) is 10.0 Å². The minimum absolute atomic E-state index is 0.204. The van der Waals surface area contributed by atoms with Crippen molar-refractivity contribution in [1.82, 2.24) is 4.31 Å². The predicted octanol–water partition coefficient (Wildman–Crippen LogP) is 4.55. The third-order valence-electron chi connectivity index (χ3n) is 3.98. The zero-order chi connectivity index (χ0) is 18.0. The molecule has 0 radical (unpaired) electrons. The van der Waals surface area contributed by atoms with Gasteiger partial charge in [-0.3, -0.25) is 0 Å². The van der Waals surface area contributed by atoms with Crippen LogP contribution in [0.25, 0.3) is 0 Å². The van der Waals surface area contributed by atoms with Gasteiger partial charge in [-0.25, -0.2) is 8.42 Å². The number of ether oxygens (including phenoxy) is 1. The second-order valence-electron chi connectivity index (χ2n) is 5.58. The van der Waals surface area contributed by atoms with E-state index in [-0.39, 0.29) is 10.9 Å². The Kier molecular flexibility index (Phi) is 4.99. The molecule has 2 unspecified atom stereocenters. The highest BCUT2D eigenvalue weighted by Gasteiger charge is 2.46. The van der Waals surface area contributed by atoms with E-state index in [2.05, 4.69) is 6.58 Å². The maximum Gasteiger partial charge on any atom is 0.243 e. The molecule has 0 aromatic heterocycles. The fraction of sp³-hybridized carbons (Fsp3) is 0.158. The van der Waals surface area contributed by atoms with E-state index >= 15 is 0 Å². The summed E-state index contributed by atoms with van der Waals surface area (Å²) in [6, 6.07) is 13.5. The summed E-state index contributed by atoms with van der Waals surface area (Å²) in [7, 11) is -3.55. The Morgan fingerprint density at radius 3 is 2.52 bits per heavy atom. The predicted molar refractivity (Wildman–Crippen MR) is 99.1 cm³/mol. The second-order valence-corrected chi connectivity index (χ2v) is 7.88. The number of hydrogen-bond acceptors (Lipinski definition) is 3. The van der Waals surface area contributed by atoms with Crippen LogP contribution in [0.1, 0.15) is 18.5 Å². The lowest BCUT2D eigenvalue weighted by atomic mass is 10.2. The molecule has 0 bridgehead atoms. The van der Waals surface area contributed by atoms with Gasteiger partial charge in [0.05, 0.1) is 10.9 Å². The fourth-order valence-electron chi connectivity index (χ4n) is 2.56. The molecule has 1 aliphatic heterocycles. The van der Waals surface area contributed by atoms with Gasteiger partial charge in [-0.1, -0.05) is 36.4 Å². The Hall–Kier alpha value is -2.08. The van der Waals surface area contributed by atoms with Gasteiger partial charge >= 0.3 is 0 Å². The highest BCUT2D eigenvalue weighted by Crippen LogP contribution is 2.42. The average molecular weight is 376 g/mol. The summed E-state index contributed by atoms with van der Waals surface area (Å²) < 4.78 is 32.5. The normalized spacial score (nSPS) is 20.2. The molecule has 1 saturated heterocycles. The zero-order valence-electron chi connectivity index (χ0n) is 13.7. The van der Waals surface area contributed by atoms with Crippen molar-refractivity contribution in [3.05, 3.63) is 83.6 Å². The molecule has 2 aromatic carbocycles. The van der Waals surface area contributed by atoms with Crippen molar-refractivity contribution in [2.24, 2.45) is 0 Å². The Labute approximate surface area is 153 Å². The van der Waals surface area contributed by atoms with Crippen molar-refractivity contribution in [2.45, 2.75) is 17.9 Å². The van der Waals surface area contributed by atoms with E-state index < -0.39 is 10.0 Å². The van der Waals surface area contributed by atoms with Gasteiger partial charge in [-0.2, -0.15) is 4.31 Å². The molecule has 0 N–H and O–H groups in total. The molecule has 2 atom stereocenters. The number of benzene rings is 2. The molecule has 0 spiro atoms. The molecular weight excluding hydrogens is 358 g/mol. The Morgan fingerprint density at radius 2 is 1.92 bits per heavy atom. The van der Waals surface area contributed by atoms with E-state index in [1.165, 1.54) is 4.31 Å². The van der Waals surface area contributed by atoms with Crippen molar-refractivity contribution < 1.29 is 13.2 Å². The topological polar surface area (TPSA) is 46.4 Å². The summed E-state index contributed by atoms with van der Waals surface area (Å²) in [5.74, 6) is 1.17. The van der Waals surface area contributed by atoms with Crippen LogP contribution in [0, 0.1) is 0 Å². The van der Waals surface area contributed by atoms with E-state index in [1.54, 1.807) is 42.5 Å². The van der Waals surface area contributed by atoms with E-state index in [0.29, 0.717) is 23.1 Å². The van der Waals surface area contributed by atoms with Crippen molar-refractivity contribution in [1.29, 1.82) is 0 Å². The molecule has 1 aliphatic rings. The molecule has 1 heterocycles. The quantitative estimate of drug-likeness (QED) is 0.422. The smallest absolute Gasteiger partial charge is 0.243 e. The summed E-state index contributed by atoms with van der Waals surface area (Å²) in [6.07, 6.45) is 3.37. The number of allylic oxidation sites excluding steroid dienone is 2. The lowest BCUT2D eigenvalue weighted by Crippen LogP contribution is -2.12. The molecule has 0 amide bonds. The second kappa shape index (κ2) is 7.04. The van der Waals surface area contributed by atoms with Crippen LogP contribution in [0.15, 0.2) is 77.9 Å². The van der Waals surface area contributed by atoms with Crippen molar-refractivity contribution in [2.75, 3.05) is 6.54 Å². The molecule has 0 saturated carbocycles. The number of rotatable bonds is 6. The van der Waals surface area contributed by atoms with Gasteiger partial charge in [-0.05, 0) is 55.0 Å². The summed E-state index contributed by atoms with van der Waals surface area (Å²) in [5, 5.41) is 0.581. The van der Waals surface area contributed by atoms with Crippen molar-refractivity contribution in [3.63, 3.8) is 0 Å². The van der Waals surface area contributed by atoms with Gasteiger partial charge in [0.15, 0.2) is 0 Å². The van der Waals surface area contributed by atoms with Gasteiger partial charge in [-0.15, -0.1) is 0 Å². The van der Waals surface area contributed by atoms with Gasteiger partial charge in [0.25, 0.3) is 0 Å². The molecule has 3 rings (SSSR count). The summed E-state index contributed by atoms with van der Waals surface area (Å²) >= 11 is 6.17. The lowest BCUT2D eigenvalue weighted by molar-refractivity contribution is 0.443. The molecule has 2 aromatic rings. The van der Waals surface area contributed by atoms with Crippen LogP contribution in [-0.2, 0) is 10.0 Å². The summed E-state index contributed by atoms with van der Waals surface area (Å²) in [4.78, 5) is 0.232. The fourth-order valence-corrected chi connectivity index (χ4v) is 4.36. The van der Waals surface area contributed by atoms with Gasteiger partial charge in [0, 0.05) is 11.6 Å². The van der Waals surface area contributed by atoms with E-state index in [0.717, 1.165) is 5.56 Å². The third kappa shape index (κ3) is 3.63. The maximum atomic E-state index is 12.7. The molecule has 0 aliphatic carbocycles. The lowest BCUT2D eigenvalue weighted by Gasteiger charge is -2.09. The molecule has 6 heteroatoms. The van der Waals surface area contributed by atoms with Gasteiger partial charge in [0.1, 0.15) is 11.5 Å². The third-order valence-corrected chi connectivity index (χ3v) is 6.22. The molecule has 130 valence electrons. The highest BCUT2D eigenvalue weighted by atomic mass is 35.5. The molecule has 1 fully saturated rings. The Balaban J connectivity index is 1.78. The first-order valence-electron chi connectivity index (χ1n) is 7.80. The first-order valence-corrected chi connectivity index (χ1v) is 9.62. The number of hydrogen-bond donors (Lipinski definition) is 0. The van der Waals surface area contributed by atoms with Crippen LogP contribution in [0.2, 0.25) is 5.02 Å². The summed E-state index contributed by atoms with van der Waals surface area (Å²) in [6.45, 7) is 5.93. The zero-order valence-corrected chi connectivity index (χ0v) is 15.3. The average Bonchev–Trinajstić information content (AvgIpc) is 3.42. The van der Waals surface area contributed by atoms with Crippen LogP contribution in [-0.4, -0.2) is 19.3 Å². The minimum atomic E-state index is -3.55. The monoisotopic (exact) mass is 375 g/mol. The first kappa shape index (κ1) is 17.7. The standard InChI is InChI=1S/C19H18ClNO3S/c1-3-14(4-2)24-15-9-11-16(12-10-15)25(22,23)21-13-19(21)17-7-5-6-8-18(17)20/h3-12,19H,1,13H2,2H3. The molecule has 25 heavy (non-hydrogen) atoms. The Morgan fingerprint density at radius 1 is 1.24 bits per heavy atom. The van der Waals surface area contributed by atoms with Gasteiger partial charge < -0.3 is 4.74 Å². The van der Waals surface area contributed by atoms with E-state index in [1.807, 2.05) is 25.1 Å². The van der Waals surface area contributed by atoms with Crippen LogP contribution in [0.5, 0.6) is 5.75 Å². The maximum absolute atomic E-state index is 12.7. The van der Waals surface area contributed by atoms with Crippen molar-refractivity contribution >= 4 is 21.6 Å². The number of sulfonamides is 1. The van der Waals surface area contributed by atoms with Crippen LogP contribution in [0.4, 0.5) is 0 Å². The van der Waals surface area contributed by atoms with Crippen LogP contribution >= 0.6 is 11.6 Å². The Bertz CT molecular complexity index is 920. The van der Waals surface area contributed by atoms with E-state index in [9.17, 15) is 8.42 Å². The van der Waals surface area contributed by atoms with E-state index in [4.69, 9.17) is 16.3 Å². The number of nitrogens with zero attached hydrogens (tertiary/aromatic N) is 1. The minimum Gasteiger partial charge on any atom is -0.458 e. The van der Waals surface area contributed by atoms with Crippen LogP contribution in [0.3, 0.4) is 0 Å².